The molecule has 0 saturated heterocycles. The second kappa shape index (κ2) is 12.1. The summed E-state index contributed by atoms with van der Waals surface area (Å²) >= 11 is 0. The number of aromatic amines is 1. The van der Waals surface area contributed by atoms with Gasteiger partial charge in [0, 0.05) is 37.5 Å². The van der Waals surface area contributed by atoms with Crippen LogP contribution in [0, 0.1) is 13.8 Å². The van der Waals surface area contributed by atoms with Crippen LogP contribution in [0.3, 0.4) is 0 Å². The first-order chi connectivity index (χ1) is 16.8. The van der Waals surface area contributed by atoms with Crippen LogP contribution in [-0.4, -0.2) is 64.5 Å². The standard InChI is InChI=1S/C21H20F3N3O4.C3H7NO/c1-12-9-15(13(2)27(12)11-21(22,23)24)17(28)10-31-19(29)8-7-18-25-16-6-4-3-5-14(16)20(30)26-18;1-4(2)3-5/h3-6,9H,7-8,10-11H2,1-2H3,(H,25,26,30);3H,1-2H3. The third kappa shape index (κ3) is 8.07. The zero-order chi connectivity index (χ0) is 27.0. The lowest BCUT2D eigenvalue weighted by atomic mass is 10.1. The van der Waals surface area contributed by atoms with Gasteiger partial charge in [0.05, 0.1) is 17.3 Å². The normalized spacial score (nSPS) is 11.0. The number of H-pyrrole nitrogens is 1. The number of carbonyl (C=O) groups excluding carboxylic acids is 3. The number of ether oxygens (including phenoxy) is 1. The number of amides is 1. The van der Waals surface area contributed by atoms with Crippen molar-refractivity contribution in [2.75, 3.05) is 20.7 Å². The Morgan fingerprint density at radius 2 is 1.83 bits per heavy atom. The van der Waals surface area contributed by atoms with Gasteiger partial charge in [-0.25, -0.2) is 4.98 Å². The summed E-state index contributed by atoms with van der Waals surface area (Å²) in [4.78, 5) is 54.1. The molecule has 0 bridgehead atoms. The van der Waals surface area contributed by atoms with E-state index < -0.39 is 31.1 Å². The maximum absolute atomic E-state index is 12.7. The highest BCUT2D eigenvalue weighted by molar-refractivity contribution is 5.99. The number of fused-ring (bicyclic) bond motifs is 1. The molecule has 0 radical (unpaired) electrons. The molecule has 0 unspecified atom stereocenters. The van der Waals surface area contributed by atoms with Crippen LogP contribution in [-0.2, 0) is 27.3 Å². The molecule has 2 heterocycles. The van der Waals surface area contributed by atoms with E-state index in [0.717, 1.165) is 11.0 Å². The summed E-state index contributed by atoms with van der Waals surface area (Å²) in [6.07, 6.45) is -3.69. The van der Waals surface area contributed by atoms with Crippen molar-refractivity contribution >= 4 is 29.1 Å². The molecule has 0 aliphatic carbocycles. The minimum atomic E-state index is -4.42. The Morgan fingerprint density at radius 3 is 2.44 bits per heavy atom. The van der Waals surface area contributed by atoms with Crippen molar-refractivity contribution in [3.05, 3.63) is 63.5 Å². The van der Waals surface area contributed by atoms with Gasteiger partial charge in [-0.15, -0.1) is 0 Å². The number of esters is 1. The minimum absolute atomic E-state index is 0.0788. The number of hydrogen-bond acceptors (Lipinski definition) is 6. The van der Waals surface area contributed by atoms with Crippen molar-refractivity contribution in [3.63, 3.8) is 0 Å². The number of Topliss-reactive ketones (excluding diaryl/α,β-unsaturated/α-hetero) is 1. The zero-order valence-corrected chi connectivity index (χ0v) is 20.3. The van der Waals surface area contributed by atoms with Gasteiger partial charge in [0.1, 0.15) is 12.4 Å². The highest BCUT2D eigenvalue weighted by Crippen LogP contribution is 2.23. The molecule has 12 heteroatoms. The van der Waals surface area contributed by atoms with Crippen LogP contribution in [0.4, 0.5) is 13.2 Å². The molecule has 1 amide bonds. The van der Waals surface area contributed by atoms with E-state index >= 15 is 0 Å². The largest absolute Gasteiger partial charge is 0.457 e. The number of nitrogens with zero attached hydrogens (tertiary/aromatic N) is 3. The minimum Gasteiger partial charge on any atom is -0.457 e. The monoisotopic (exact) mass is 508 g/mol. The summed E-state index contributed by atoms with van der Waals surface area (Å²) in [5.74, 6) is -0.969. The van der Waals surface area contributed by atoms with E-state index in [4.69, 9.17) is 4.74 Å². The number of halogens is 3. The molecule has 3 rings (SSSR count). The summed E-state index contributed by atoms with van der Waals surface area (Å²) in [6, 6.07) is 8.12. The lowest BCUT2D eigenvalue weighted by molar-refractivity contribution is -0.142. The number of para-hydroxylation sites is 1. The number of carbonyl (C=O) groups is 3. The molecule has 36 heavy (non-hydrogen) atoms. The first-order valence-corrected chi connectivity index (χ1v) is 10.8. The predicted octanol–water partition coefficient (Wildman–Crippen LogP) is 2.97. The fourth-order valence-corrected chi connectivity index (χ4v) is 3.28. The van der Waals surface area contributed by atoms with Gasteiger partial charge in [0.2, 0.25) is 12.2 Å². The first kappa shape index (κ1) is 28.3. The molecule has 0 spiro atoms. The molecule has 1 N–H and O–H groups in total. The summed E-state index contributed by atoms with van der Waals surface area (Å²) in [6.45, 7) is 1.10. The number of aromatic nitrogens is 3. The van der Waals surface area contributed by atoms with Crippen LogP contribution in [0.1, 0.15) is 34.0 Å². The number of nitrogens with one attached hydrogen (secondary N) is 1. The Labute approximate surface area is 204 Å². The summed E-state index contributed by atoms with van der Waals surface area (Å²) in [5.41, 5.74) is 0.706. The van der Waals surface area contributed by atoms with Crippen molar-refractivity contribution in [2.24, 2.45) is 0 Å². The lowest BCUT2D eigenvalue weighted by Crippen LogP contribution is -2.20. The molecular formula is C24H27F3N4O5. The maximum Gasteiger partial charge on any atom is 0.406 e. The van der Waals surface area contributed by atoms with Gasteiger partial charge in [-0.05, 0) is 32.0 Å². The Hall–Kier alpha value is -3.96. The molecular weight excluding hydrogens is 481 g/mol. The van der Waals surface area contributed by atoms with Crippen molar-refractivity contribution in [3.8, 4) is 0 Å². The highest BCUT2D eigenvalue weighted by Gasteiger charge is 2.30. The van der Waals surface area contributed by atoms with Crippen LogP contribution in [0.25, 0.3) is 10.9 Å². The van der Waals surface area contributed by atoms with E-state index in [2.05, 4.69) is 9.97 Å². The topological polar surface area (TPSA) is 114 Å². The predicted molar refractivity (Wildman–Crippen MR) is 126 cm³/mol. The first-order valence-electron chi connectivity index (χ1n) is 10.8. The summed E-state index contributed by atoms with van der Waals surface area (Å²) < 4.78 is 44.1. The second-order valence-electron chi connectivity index (χ2n) is 8.17. The van der Waals surface area contributed by atoms with E-state index in [9.17, 15) is 32.3 Å². The van der Waals surface area contributed by atoms with Gasteiger partial charge in [-0.2, -0.15) is 13.2 Å². The Bertz CT molecular complexity index is 1300. The van der Waals surface area contributed by atoms with E-state index in [1.54, 1.807) is 38.4 Å². The highest BCUT2D eigenvalue weighted by atomic mass is 19.4. The van der Waals surface area contributed by atoms with Crippen LogP contribution >= 0.6 is 0 Å². The third-order valence-corrected chi connectivity index (χ3v) is 5.01. The van der Waals surface area contributed by atoms with Crippen LogP contribution in [0.5, 0.6) is 0 Å². The number of benzene rings is 1. The molecule has 0 fully saturated rings. The van der Waals surface area contributed by atoms with Crippen LogP contribution < -0.4 is 5.56 Å². The van der Waals surface area contributed by atoms with Crippen molar-refractivity contribution < 1.29 is 32.3 Å². The van der Waals surface area contributed by atoms with Gasteiger partial charge in [-0.3, -0.25) is 19.2 Å². The van der Waals surface area contributed by atoms with Crippen molar-refractivity contribution in [1.29, 1.82) is 0 Å². The van der Waals surface area contributed by atoms with E-state index in [-0.39, 0.29) is 35.4 Å². The van der Waals surface area contributed by atoms with Crippen LogP contribution in [0.2, 0.25) is 0 Å². The van der Waals surface area contributed by atoms with Gasteiger partial charge < -0.3 is 19.2 Å². The Kier molecular flexibility index (Phi) is 9.53. The van der Waals surface area contributed by atoms with Gasteiger partial charge in [0.15, 0.2) is 6.61 Å². The molecule has 3 aromatic rings. The van der Waals surface area contributed by atoms with Gasteiger partial charge >= 0.3 is 12.1 Å². The summed E-state index contributed by atoms with van der Waals surface area (Å²) in [5, 5.41) is 0.433. The smallest absolute Gasteiger partial charge is 0.406 e. The fraction of sp³-hybridized carbons (Fsp3) is 0.375. The third-order valence-electron chi connectivity index (χ3n) is 5.01. The molecule has 2 aromatic heterocycles. The lowest BCUT2D eigenvalue weighted by Gasteiger charge is -2.12. The molecule has 0 aliphatic rings. The van der Waals surface area contributed by atoms with Gasteiger partial charge in [-0.1, -0.05) is 12.1 Å². The maximum atomic E-state index is 12.7. The molecule has 194 valence electrons. The van der Waals surface area contributed by atoms with E-state index in [0.29, 0.717) is 16.7 Å². The quantitative estimate of drug-likeness (QED) is 0.284. The second-order valence-corrected chi connectivity index (χ2v) is 8.17. The molecule has 0 atom stereocenters. The number of hydrogen-bond donors (Lipinski definition) is 1. The molecule has 1 aromatic carbocycles. The van der Waals surface area contributed by atoms with Gasteiger partial charge in [0.25, 0.3) is 5.56 Å². The zero-order valence-electron chi connectivity index (χ0n) is 20.3. The number of aryl methyl sites for hydroxylation is 2. The van der Waals surface area contributed by atoms with E-state index in [1.165, 1.54) is 24.8 Å². The molecule has 0 saturated carbocycles. The number of ketones is 1. The SMILES string of the molecule is CN(C)C=O.Cc1cc(C(=O)COC(=O)CCc2nc3ccccc3c(=O)[nH]2)c(C)n1CC(F)(F)F. The Balaban J connectivity index is 0.000000830. The summed E-state index contributed by atoms with van der Waals surface area (Å²) in [7, 11) is 3.38. The van der Waals surface area contributed by atoms with E-state index in [1.807, 2.05) is 0 Å². The number of rotatable bonds is 8. The number of alkyl halides is 3. The van der Waals surface area contributed by atoms with Crippen LogP contribution in [0.15, 0.2) is 35.1 Å². The molecule has 9 nitrogen and oxygen atoms in total. The van der Waals surface area contributed by atoms with Crippen molar-refractivity contribution in [1.82, 2.24) is 19.4 Å². The van der Waals surface area contributed by atoms with Crippen molar-refractivity contribution in [2.45, 2.75) is 39.4 Å². The molecule has 0 aliphatic heterocycles. The average Bonchev–Trinajstić information content (AvgIpc) is 3.08. The Morgan fingerprint density at radius 1 is 1.19 bits per heavy atom. The average molecular weight is 508 g/mol. The fourth-order valence-electron chi connectivity index (χ4n) is 3.28.